The number of rotatable bonds is 3. The lowest BCUT2D eigenvalue weighted by atomic mass is 10.5. The molecule has 0 spiro atoms. The van der Waals surface area contributed by atoms with Crippen molar-refractivity contribution in [1.29, 1.82) is 0 Å². The van der Waals surface area contributed by atoms with E-state index in [2.05, 4.69) is 0 Å². The Morgan fingerprint density at radius 3 is 2.08 bits per heavy atom. The minimum atomic E-state index is -3.09. The minimum absolute atomic E-state index is 0.329. The van der Waals surface area contributed by atoms with Crippen LogP contribution in [0, 0.1) is 0 Å². The molecule has 0 bridgehead atoms. The first-order valence-corrected chi connectivity index (χ1v) is 5.48. The SMILES string of the molecule is CC=C/C(=C\N(C)C)S(C)(=O)=O. The number of sulfone groups is 1. The van der Waals surface area contributed by atoms with Gasteiger partial charge >= 0.3 is 0 Å². The van der Waals surface area contributed by atoms with E-state index < -0.39 is 9.84 Å². The number of allylic oxidation sites excluding steroid dienone is 2. The standard InChI is InChI=1S/C8H15NO2S/c1-5-6-8(7-9(2)3)12(4,10)11/h5-7H,1-4H3/b6-5?,8-7+. The lowest BCUT2D eigenvalue weighted by Crippen LogP contribution is -2.07. The van der Waals surface area contributed by atoms with Crippen LogP contribution in [0.5, 0.6) is 0 Å². The molecule has 0 aliphatic rings. The number of nitrogens with zero attached hydrogens (tertiary/aromatic N) is 1. The van der Waals surface area contributed by atoms with Crippen LogP contribution in [0.15, 0.2) is 23.3 Å². The van der Waals surface area contributed by atoms with E-state index in [4.69, 9.17) is 0 Å². The van der Waals surface area contributed by atoms with Crippen LogP contribution in [-0.4, -0.2) is 33.7 Å². The molecule has 0 aromatic heterocycles. The molecule has 0 atom stereocenters. The molecule has 0 rings (SSSR count). The molecule has 0 radical (unpaired) electrons. The summed E-state index contributed by atoms with van der Waals surface area (Å²) < 4.78 is 22.2. The fourth-order valence-corrected chi connectivity index (χ4v) is 1.47. The molecule has 0 unspecified atom stereocenters. The Bertz CT molecular complexity index is 286. The van der Waals surface area contributed by atoms with Crippen molar-refractivity contribution in [2.75, 3.05) is 20.4 Å². The normalized spacial score (nSPS) is 13.8. The molecule has 4 heteroatoms. The maximum Gasteiger partial charge on any atom is 0.176 e. The van der Waals surface area contributed by atoms with Gasteiger partial charge in [0.25, 0.3) is 0 Å². The smallest absolute Gasteiger partial charge is 0.176 e. The third-order valence-electron chi connectivity index (χ3n) is 1.14. The average molecular weight is 189 g/mol. The lowest BCUT2D eigenvalue weighted by molar-refractivity contribution is 0.559. The van der Waals surface area contributed by atoms with Gasteiger partial charge in [-0.1, -0.05) is 6.08 Å². The van der Waals surface area contributed by atoms with Crippen molar-refractivity contribution < 1.29 is 8.42 Å². The molecular weight excluding hydrogens is 174 g/mol. The summed E-state index contributed by atoms with van der Waals surface area (Å²) >= 11 is 0. The van der Waals surface area contributed by atoms with Gasteiger partial charge in [0.05, 0.1) is 4.91 Å². The van der Waals surface area contributed by atoms with Crippen LogP contribution in [0.1, 0.15) is 6.92 Å². The van der Waals surface area contributed by atoms with E-state index in [-0.39, 0.29) is 0 Å². The van der Waals surface area contributed by atoms with E-state index in [1.807, 2.05) is 0 Å². The third-order valence-corrected chi connectivity index (χ3v) is 2.24. The second-order valence-electron chi connectivity index (χ2n) is 2.77. The Hall–Kier alpha value is -0.770. The summed E-state index contributed by atoms with van der Waals surface area (Å²) in [5, 5.41) is 0. The fourth-order valence-electron chi connectivity index (χ4n) is 0.681. The molecule has 0 saturated heterocycles. The van der Waals surface area contributed by atoms with Crippen molar-refractivity contribution in [2.45, 2.75) is 6.92 Å². The van der Waals surface area contributed by atoms with Crippen molar-refractivity contribution in [3.05, 3.63) is 23.3 Å². The summed E-state index contributed by atoms with van der Waals surface area (Å²) in [6.07, 6.45) is 6.06. The molecule has 0 N–H and O–H groups in total. The summed E-state index contributed by atoms with van der Waals surface area (Å²) in [6, 6.07) is 0. The monoisotopic (exact) mass is 189 g/mol. The first-order valence-electron chi connectivity index (χ1n) is 3.59. The molecule has 70 valence electrons. The number of hydrogen-bond donors (Lipinski definition) is 0. The molecule has 0 aliphatic carbocycles. The van der Waals surface area contributed by atoms with E-state index in [1.54, 1.807) is 44.3 Å². The molecule has 3 nitrogen and oxygen atoms in total. The topological polar surface area (TPSA) is 37.4 Å². The zero-order valence-electron chi connectivity index (χ0n) is 7.90. The summed E-state index contributed by atoms with van der Waals surface area (Å²) in [6.45, 7) is 1.79. The molecule has 0 amide bonds. The highest BCUT2D eigenvalue weighted by Gasteiger charge is 2.06. The van der Waals surface area contributed by atoms with Crippen LogP contribution in [0.2, 0.25) is 0 Å². The highest BCUT2D eigenvalue weighted by atomic mass is 32.2. The number of hydrogen-bond acceptors (Lipinski definition) is 3. The Balaban J connectivity index is 4.94. The summed E-state index contributed by atoms with van der Waals surface area (Å²) in [4.78, 5) is 2.03. The third kappa shape index (κ3) is 4.18. The van der Waals surface area contributed by atoms with Crippen LogP contribution in [-0.2, 0) is 9.84 Å². The Morgan fingerprint density at radius 2 is 1.83 bits per heavy atom. The van der Waals surface area contributed by atoms with Gasteiger partial charge in [0.2, 0.25) is 0 Å². The maximum absolute atomic E-state index is 11.1. The first-order chi connectivity index (χ1) is 5.38. The van der Waals surface area contributed by atoms with Crippen LogP contribution < -0.4 is 0 Å². The predicted octanol–water partition coefficient (Wildman–Crippen LogP) is 1.01. The van der Waals surface area contributed by atoms with Gasteiger partial charge in [0.1, 0.15) is 0 Å². The molecule has 0 saturated carbocycles. The fraction of sp³-hybridized carbons (Fsp3) is 0.500. The van der Waals surface area contributed by atoms with Gasteiger partial charge in [-0.25, -0.2) is 8.42 Å². The van der Waals surface area contributed by atoms with Gasteiger partial charge in [-0.15, -0.1) is 0 Å². The zero-order valence-corrected chi connectivity index (χ0v) is 8.72. The average Bonchev–Trinajstić information content (AvgIpc) is 1.83. The second-order valence-corrected chi connectivity index (χ2v) is 4.78. The van der Waals surface area contributed by atoms with Crippen LogP contribution >= 0.6 is 0 Å². The van der Waals surface area contributed by atoms with E-state index in [9.17, 15) is 8.42 Å². The van der Waals surface area contributed by atoms with Crippen LogP contribution in [0.3, 0.4) is 0 Å². The van der Waals surface area contributed by atoms with Gasteiger partial charge in [0, 0.05) is 26.6 Å². The largest absolute Gasteiger partial charge is 0.382 e. The van der Waals surface area contributed by atoms with Crippen molar-refractivity contribution in [2.24, 2.45) is 0 Å². The quantitative estimate of drug-likeness (QED) is 0.622. The summed E-state index contributed by atoms with van der Waals surface area (Å²) in [5.41, 5.74) is 0. The highest BCUT2D eigenvalue weighted by molar-refractivity contribution is 7.94. The maximum atomic E-state index is 11.1. The molecule has 0 aromatic carbocycles. The minimum Gasteiger partial charge on any atom is -0.382 e. The van der Waals surface area contributed by atoms with Crippen LogP contribution in [0.25, 0.3) is 0 Å². The highest BCUT2D eigenvalue weighted by Crippen LogP contribution is 2.06. The first kappa shape index (κ1) is 11.2. The van der Waals surface area contributed by atoms with Gasteiger partial charge in [0.15, 0.2) is 9.84 Å². The lowest BCUT2D eigenvalue weighted by Gasteiger charge is -2.06. The van der Waals surface area contributed by atoms with E-state index in [1.165, 1.54) is 6.26 Å². The molecule has 12 heavy (non-hydrogen) atoms. The zero-order chi connectivity index (χ0) is 9.78. The molecule has 0 aliphatic heterocycles. The van der Waals surface area contributed by atoms with Crippen molar-refractivity contribution in [3.63, 3.8) is 0 Å². The van der Waals surface area contributed by atoms with E-state index >= 15 is 0 Å². The Kier molecular flexibility index (Phi) is 4.03. The molecule has 0 fully saturated rings. The van der Waals surface area contributed by atoms with Gasteiger partial charge in [-0.3, -0.25) is 0 Å². The molecule has 0 aromatic rings. The van der Waals surface area contributed by atoms with Gasteiger partial charge in [-0.05, 0) is 13.0 Å². The van der Waals surface area contributed by atoms with E-state index in [0.717, 1.165) is 0 Å². The Labute approximate surface area is 74.3 Å². The molecular formula is C8H15NO2S. The molecule has 0 heterocycles. The van der Waals surface area contributed by atoms with Crippen molar-refractivity contribution in [3.8, 4) is 0 Å². The van der Waals surface area contributed by atoms with Gasteiger partial charge in [-0.2, -0.15) is 0 Å². The summed E-state index contributed by atoms with van der Waals surface area (Å²) in [5.74, 6) is 0. The second kappa shape index (κ2) is 4.30. The summed E-state index contributed by atoms with van der Waals surface area (Å²) in [7, 11) is 0.483. The Morgan fingerprint density at radius 1 is 1.33 bits per heavy atom. The van der Waals surface area contributed by atoms with Crippen molar-refractivity contribution >= 4 is 9.84 Å². The van der Waals surface area contributed by atoms with Crippen molar-refractivity contribution in [1.82, 2.24) is 4.90 Å². The van der Waals surface area contributed by atoms with E-state index in [0.29, 0.717) is 4.91 Å². The predicted molar refractivity (Wildman–Crippen MR) is 51.4 cm³/mol. The van der Waals surface area contributed by atoms with Crippen LogP contribution in [0.4, 0.5) is 0 Å². The van der Waals surface area contributed by atoms with Gasteiger partial charge < -0.3 is 4.90 Å².